The lowest BCUT2D eigenvalue weighted by atomic mass is 9.97. The number of nitrogens with one attached hydrogen (secondary N) is 1. The Labute approximate surface area is 171 Å². The number of aromatic nitrogens is 3. The Hall–Kier alpha value is -2.28. The van der Waals surface area contributed by atoms with Gasteiger partial charge in [0.15, 0.2) is 0 Å². The van der Waals surface area contributed by atoms with Gasteiger partial charge < -0.3 is 14.8 Å². The van der Waals surface area contributed by atoms with E-state index in [1.807, 2.05) is 17.0 Å². The largest absolute Gasteiger partial charge is 0.340 e. The standard InChI is InChI=1S/C22H30FN5O/c1-16-15-17(5-6-19(16)23)3-2-4-21(29)27-12-9-20-25-26-22(28(20)14-13-27)18-7-10-24-11-8-18/h5-6,15,18,24H,2-4,7-14H2,1H3. The molecule has 156 valence electrons. The number of nitrogens with zero attached hydrogens (tertiary/aromatic N) is 4. The molecule has 7 heteroatoms. The summed E-state index contributed by atoms with van der Waals surface area (Å²) in [6, 6.07) is 5.20. The molecule has 0 saturated carbocycles. The van der Waals surface area contributed by atoms with Gasteiger partial charge in [0, 0.05) is 38.4 Å². The molecule has 2 aliphatic heterocycles. The highest BCUT2D eigenvalue weighted by Gasteiger charge is 2.26. The molecule has 1 saturated heterocycles. The molecule has 1 amide bonds. The molecule has 0 spiro atoms. The predicted octanol–water partition coefficient (Wildman–Crippen LogP) is 2.60. The second kappa shape index (κ2) is 9.03. The van der Waals surface area contributed by atoms with Gasteiger partial charge in [-0.3, -0.25) is 4.79 Å². The summed E-state index contributed by atoms with van der Waals surface area (Å²) in [5, 5.41) is 12.3. The van der Waals surface area contributed by atoms with Crippen molar-refractivity contribution in [3.8, 4) is 0 Å². The number of piperidine rings is 1. The third-order valence-electron chi connectivity index (χ3n) is 6.19. The predicted molar refractivity (Wildman–Crippen MR) is 109 cm³/mol. The van der Waals surface area contributed by atoms with E-state index in [2.05, 4.69) is 20.1 Å². The second-order valence-electron chi connectivity index (χ2n) is 8.22. The van der Waals surface area contributed by atoms with Crippen molar-refractivity contribution < 1.29 is 9.18 Å². The molecule has 0 radical (unpaired) electrons. The normalized spacial score (nSPS) is 17.8. The summed E-state index contributed by atoms with van der Waals surface area (Å²) in [5.41, 5.74) is 1.75. The zero-order valence-electron chi connectivity index (χ0n) is 17.2. The van der Waals surface area contributed by atoms with Crippen LogP contribution in [0.3, 0.4) is 0 Å². The highest BCUT2D eigenvalue weighted by atomic mass is 19.1. The van der Waals surface area contributed by atoms with Crippen LogP contribution >= 0.6 is 0 Å². The Morgan fingerprint density at radius 3 is 2.83 bits per heavy atom. The lowest BCUT2D eigenvalue weighted by Crippen LogP contribution is -2.34. The number of rotatable bonds is 5. The van der Waals surface area contributed by atoms with Crippen molar-refractivity contribution in [2.24, 2.45) is 0 Å². The number of hydrogen-bond donors (Lipinski definition) is 1. The lowest BCUT2D eigenvalue weighted by Gasteiger charge is -2.23. The van der Waals surface area contributed by atoms with Crippen LogP contribution in [-0.4, -0.2) is 51.8 Å². The van der Waals surface area contributed by atoms with Crippen LogP contribution in [-0.2, 0) is 24.2 Å². The van der Waals surface area contributed by atoms with Gasteiger partial charge in [0.1, 0.15) is 17.5 Å². The molecule has 3 heterocycles. The number of fused-ring (bicyclic) bond motifs is 1. The molecular weight excluding hydrogens is 369 g/mol. The molecule has 1 N–H and O–H groups in total. The van der Waals surface area contributed by atoms with E-state index in [0.29, 0.717) is 24.4 Å². The summed E-state index contributed by atoms with van der Waals surface area (Å²) in [7, 11) is 0. The van der Waals surface area contributed by atoms with E-state index in [1.165, 1.54) is 6.07 Å². The number of benzene rings is 1. The number of carbonyl (C=O) groups is 1. The van der Waals surface area contributed by atoms with Crippen LogP contribution in [0.5, 0.6) is 0 Å². The monoisotopic (exact) mass is 399 g/mol. The first kappa shape index (κ1) is 20.0. The highest BCUT2D eigenvalue weighted by molar-refractivity contribution is 5.76. The van der Waals surface area contributed by atoms with Crippen molar-refractivity contribution in [2.75, 3.05) is 26.2 Å². The van der Waals surface area contributed by atoms with Gasteiger partial charge in [0.25, 0.3) is 0 Å². The van der Waals surface area contributed by atoms with Crippen LogP contribution in [0.2, 0.25) is 0 Å². The Morgan fingerprint density at radius 2 is 2.03 bits per heavy atom. The summed E-state index contributed by atoms with van der Waals surface area (Å²) in [6.07, 6.45) is 5.07. The third-order valence-corrected chi connectivity index (χ3v) is 6.19. The van der Waals surface area contributed by atoms with Gasteiger partial charge >= 0.3 is 0 Å². The maximum atomic E-state index is 13.4. The second-order valence-corrected chi connectivity index (χ2v) is 8.22. The van der Waals surface area contributed by atoms with Gasteiger partial charge in [-0.05, 0) is 62.9 Å². The molecule has 1 aromatic carbocycles. The molecule has 1 aromatic heterocycles. The van der Waals surface area contributed by atoms with E-state index < -0.39 is 0 Å². The van der Waals surface area contributed by atoms with Gasteiger partial charge in [0.2, 0.25) is 5.91 Å². The molecule has 29 heavy (non-hydrogen) atoms. The number of amides is 1. The molecular formula is C22H30FN5O. The zero-order valence-corrected chi connectivity index (χ0v) is 17.2. The van der Waals surface area contributed by atoms with Crippen molar-refractivity contribution in [1.29, 1.82) is 0 Å². The molecule has 4 rings (SSSR count). The molecule has 2 aromatic rings. The molecule has 2 aliphatic rings. The lowest BCUT2D eigenvalue weighted by molar-refractivity contribution is -0.131. The fourth-order valence-electron chi connectivity index (χ4n) is 4.44. The van der Waals surface area contributed by atoms with Crippen molar-refractivity contribution in [2.45, 2.75) is 57.9 Å². The minimum atomic E-state index is -0.176. The zero-order chi connectivity index (χ0) is 20.2. The maximum Gasteiger partial charge on any atom is 0.222 e. The first-order chi connectivity index (χ1) is 14.1. The Morgan fingerprint density at radius 1 is 1.21 bits per heavy atom. The average molecular weight is 400 g/mol. The Bertz CT molecular complexity index is 859. The SMILES string of the molecule is Cc1cc(CCCC(=O)N2CCc3nnc(C4CCNCC4)n3CC2)ccc1F. The molecule has 0 atom stereocenters. The van der Waals surface area contributed by atoms with E-state index in [-0.39, 0.29) is 11.7 Å². The smallest absolute Gasteiger partial charge is 0.222 e. The van der Waals surface area contributed by atoms with E-state index in [9.17, 15) is 9.18 Å². The minimum absolute atomic E-state index is 0.176. The van der Waals surface area contributed by atoms with Crippen LogP contribution in [0.1, 0.15) is 54.4 Å². The fraction of sp³-hybridized carbons (Fsp3) is 0.591. The van der Waals surface area contributed by atoms with E-state index in [4.69, 9.17) is 0 Å². The van der Waals surface area contributed by atoms with E-state index in [0.717, 1.165) is 75.5 Å². The Kier molecular flexibility index (Phi) is 6.23. The minimum Gasteiger partial charge on any atom is -0.340 e. The van der Waals surface area contributed by atoms with Gasteiger partial charge in [-0.15, -0.1) is 10.2 Å². The number of hydrogen-bond acceptors (Lipinski definition) is 4. The summed E-state index contributed by atoms with van der Waals surface area (Å²) in [6.45, 7) is 6.05. The van der Waals surface area contributed by atoms with Crippen molar-refractivity contribution in [3.63, 3.8) is 0 Å². The summed E-state index contributed by atoms with van der Waals surface area (Å²) < 4.78 is 15.6. The van der Waals surface area contributed by atoms with Gasteiger partial charge in [-0.1, -0.05) is 12.1 Å². The van der Waals surface area contributed by atoms with Crippen LogP contribution in [0, 0.1) is 12.7 Å². The van der Waals surface area contributed by atoms with Gasteiger partial charge in [0.05, 0.1) is 0 Å². The molecule has 0 aliphatic carbocycles. The first-order valence-corrected chi connectivity index (χ1v) is 10.8. The molecule has 0 bridgehead atoms. The average Bonchev–Trinajstić information content (AvgIpc) is 3.02. The van der Waals surface area contributed by atoms with Crippen LogP contribution in [0.4, 0.5) is 4.39 Å². The van der Waals surface area contributed by atoms with Gasteiger partial charge in [-0.25, -0.2) is 4.39 Å². The summed E-state index contributed by atoms with van der Waals surface area (Å²) >= 11 is 0. The van der Waals surface area contributed by atoms with Crippen LogP contribution in [0.15, 0.2) is 18.2 Å². The molecule has 6 nitrogen and oxygen atoms in total. The Balaban J connectivity index is 1.30. The van der Waals surface area contributed by atoms with Crippen LogP contribution in [0.25, 0.3) is 0 Å². The fourth-order valence-corrected chi connectivity index (χ4v) is 4.44. The number of carbonyl (C=O) groups excluding carboxylic acids is 1. The first-order valence-electron chi connectivity index (χ1n) is 10.8. The van der Waals surface area contributed by atoms with Crippen LogP contribution < -0.4 is 5.32 Å². The molecule has 1 fully saturated rings. The summed E-state index contributed by atoms with van der Waals surface area (Å²) in [5.74, 6) is 2.60. The topological polar surface area (TPSA) is 63.1 Å². The number of aryl methyl sites for hydroxylation is 2. The van der Waals surface area contributed by atoms with E-state index in [1.54, 1.807) is 6.92 Å². The van der Waals surface area contributed by atoms with Gasteiger partial charge in [-0.2, -0.15) is 0 Å². The van der Waals surface area contributed by atoms with Crippen molar-refractivity contribution >= 4 is 5.91 Å². The number of halogens is 1. The quantitative estimate of drug-likeness (QED) is 0.840. The third kappa shape index (κ3) is 4.66. The van der Waals surface area contributed by atoms with E-state index >= 15 is 0 Å². The summed E-state index contributed by atoms with van der Waals surface area (Å²) in [4.78, 5) is 14.7. The van der Waals surface area contributed by atoms with Crippen molar-refractivity contribution in [1.82, 2.24) is 25.0 Å². The van der Waals surface area contributed by atoms with Crippen molar-refractivity contribution in [3.05, 3.63) is 46.8 Å². The molecule has 0 unspecified atom stereocenters. The highest BCUT2D eigenvalue weighted by Crippen LogP contribution is 2.25. The maximum absolute atomic E-state index is 13.4.